The monoisotopic (exact) mass is 366 g/mol. The predicted octanol–water partition coefficient (Wildman–Crippen LogP) is 4.14. The van der Waals surface area contributed by atoms with Gasteiger partial charge in [0.25, 0.3) is 0 Å². The summed E-state index contributed by atoms with van der Waals surface area (Å²) in [7, 11) is 0. The van der Waals surface area contributed by atoms with Gasteiger partial charge in [-0.05, 0) is 24.0 Å². The Kier molecular flexibility index (Phi) is 5.89. The molecule has 2 aromatic heterocycles. The van der Waals surface area contributed by atoms with Crippen molar-refractivity contribution in [2.24, 2.45) is 0 Å². The van der Waals surface area contributed by atoms with E-state index < -0.39 is 0 Å². The van der Waals surface area contributed by atoms with Crippen LogP contribution in [-0.2, 0) is 25.9 Å². The molecular weight excluding hydrogens is 340 g/mol. The van der Waals surface area contributed by atoms with Gasteiger partial charge >= 0.3 is 0 Å². The van der Waals surface area contributed by atoms with Crippen LogP contribution < -0.4 is 9.13 Å². The predicted molar refractivity (Wildman–Crippen MR) is 112 cm³/mol. The summed E-state index contributed by atoms with van der Waals surface area (Å²) in [6, 6.07) is 30.1. The molecule has 4 aromatic rings. The molecule has 2 aromatic carbocycles. The lowest BCUT2D eigenvalue weighted by Crippen LogP contribution is -2.33. The molecule has 0 spiro atoms. The summed E-state index contributed by atoms with van der Waals surface area (Å²) in [6.45, 7) is 1.84. The molecule has 2 heteroatoms. The van der Waals surface area contributed by atoms with Gasteiger partial charge in [-0.2, -0.15) is 0 Å². The van der Waals surface area contributed by atoms with E-state index in [1.807, 2.05) is 0 Å². The molecule has 138 valence electrons. The van der Waals surface area contributed by atoms with Gasteiger partial charge in [0.2, 0.25) is 0 Å². The van der Waals surface area contributed by atoms with E-state index in [1.54, 1.807) is 0 Å². The fourth-order valence-electron chi connectivity index (χ4n) is 3.40. The van der Waals surface area contributed by atoms with Crippen LogP contribution in [0.1, 0.15) is 22.3 Å². The molecule has 28 heavy (non-hydrogen) atoms. The Morgan fingerprint density at radius 1 is 0.393 bits per heavy atom. The Balaban J connectivity index is 1.30. The van der Waals surface area contributed by atoms with Crippen LogP contribution >= 0.6 is 0 Å². The second-order valence-electron chi connectivity index (χ2n) is 7.23. The number of nitrogens with zero attached hydrogens (tertiary/aromatic N) is 2. The first kappa shape index (κ1) is 18.1. The van der Waals surface area contributed by atoms with Crippen LogP contribution in [0, 0.1) is 0 Å². The fraction of sp³-hybridized carbons (Fsp3) is 0.154. The molecular formula is C26H26N2+2. The van der Waals surface area contributed by atoms with E-state index in [0.717, 1.165) is 25.9 Å². The first-order chi connectivity index (χ1) is 13.8. The van der Waals surface area contributed by atoms with E-state index in [0.29, 0.717) is 0 Å². The number of pyridine rings is 2. The minimum absolute atomic E-state index is 0.918. The van der Waals surface area contributed by atoms with E-state index >= 15 is 0 Å². The summed E-state index contributed by atoms with van der Waals surface area (Å²) in [5, 5.41) is 0. The molecule has 0 radical (unpaired) electrons. The van der Waals surface area contributed by atoms with E-state index in [2.05, 4.69) is 119 Å². The number of hydrogen-bond acceptors (Lipinski definition) is 0. The minimum atomic E-state index is 0.918. The lowest BCUT2D eigenvalue weighted by molar-refractivity contribution is -0.688. The van der Waals surface area contributed by atoms with Crippen molar-refractivity contribution in [1.29, 1.82) is 0 Å². The SMILES string of the molecule is c1ccc(C[n+]2ccc(CCc3cc[n+](Cc4ccccc4)cc3)cc2)cc1. The van der Waals surface area contributed by atoms with Crippen molar-refractivity contribution in [3.05, 3.63) is 132 Å². The highest BCUT2D eigenvalue weighted by Crippen LogP contribution is 2.06. The number of rotatable bonds is 7. The molecule has 0 aliphatic carbocycles. The van der Waals surface area contributed by atoms with Gasteiger partial charge in [0.1, 0.15) is 0 Å². The van der Waals surface area contributed by atoms with Crippen molar-refractivity contribution in [2.75, 3.05) is 0 Å². The van der Waals surface area contributed by atoms with Gasteiger partial charge in [-0.1, -0.05) is 60.7 Å². The Morgan fingerprint density at radius 3 is 1.11 bits per heavy atom. The average Bonchev–Trinajstić information content (AvgIpc) is 2.76. The molecule has 0 saturated heterocycles. The lowest BCUT2D eigenvalue weighted by Gasteiger charge is -2.03. The molecule has 0 bridgehead atoms. The normalized spacial score (nSPS) is 10.7. The van der Waals surface area contributed by atoms with Crippen LogP contribution in [0.2, 0.25) is 0 Å². The molecule has 0 atom stereocenters. The van der Waals surface area contributed by atoms with Crippen molar-refractivity contribution in [3.63, 3.8) is 0 Å². The third kappa shape index (κ3) is 5.14. The highest BCUT2D eigenvalue weighted by atomic mass is 14.9. The van der Waals surface area contributed by atoms with Gasteiger partial charge in [0.15, 0.2) is 37.9 Å². The van der Waals surface area contributed by atoms with E-state index in [-0.39, 0.29) is 0 Å². The lowest BCUT2D eigenvalue weighted by atomic mass is 10.1. The first-order valence-electron chi connectivity index (χ1n) is 9.89. The molecule has 0 unspecified atom stereocenters. The maximum absolute atomic E-state index is 2.24. The zero-order valence-electron chi connectivity index (χ0n) is 16.1. The maximum Gasteiger partial charge on any atom is 0.173 e. The third-order valence-electron chi connectivity index (χ3n) is 5.04. The number of hydrogen-bond donors (Lipinski definition) is 0. The highest BCUT2D eigenvalue weighted by Gasteiger charge is 2.05. The van der Waals surface area contributed by atoms with Crippen molar-refractivity contribution in [3.8, 4) is 0 Å². The topological polar surface area (TPSA) is 7.76 Å². The Morgan fingerprint density at radius 2 is 0.750 bits per heavy atom. The Labute approximate surface area is 167 Å². The molecule has 0 amide bonds. The van der Waals surface area contributed by atoms with Crippen LogP contribution in [0.4, 0.5) is 0 Å². The molecule has 2 nitrogen and oxygen atoms in total. The zero-order chi connectivity index (χ0) is 19.0. The quantitative estimate of drug-likeness (QED) is 0.434. The van der Waals surface area contributed by atoms with Crippen LogP contribution in [0.25, 0.3) is 0 Å². The second kappa shape index (κ2) is 9.09. The van der Waals surface area contributed by atoms with Crippen LogP contribution in [-0.4, -0.2) is 0 Å². The molecule has 4 rings (SSSR count). The summed E-state index contributed by atoms with van der Waals surface area (Å²) in [5.74, 6) is 0. The van der Waals surface area contributed by atoms with Crippen molar-refractivity contribution in [2.45, 2.75) is 25.9 Å². The standard InChI is InChI=1S/C26H26N2/c1-3-7-25(8-4-1)21-27-17-13-23(14-18-27)11-12-24-15-19-28(20-16-24)22-26-9-5-2-6-10-26/h1-10,13-20H,11-12,21-22H2/q+2. The fourth-order valence-corrected chi connectivity index (χ4v) is 3.40. The maximum atomic E-state index is 2.24. The molecule has 0 N–H and O–H groups in total. The number of benzene rings is 2. The van der Waals surface area contributed by atoms with Gasteiger partial charge < -0.3 is 0 Å². The molecule has 0 fully saturated rings. The Bertz CT molecular complexity index is 891. The summed E-state index contributed by atoms with van der Waals surface area (Å²) in [4.78, 5) is 0. The van der Waals surface area contributed by atoms with Gasteiger partial charge in [-0.15, -0.1) is 0 Å². The van der Waals surface area contributed by atoms with E-state index in [1.165, 1.54) is 22.3 Å². The molecule has 0 aliphatic rings. The summed E-state index contributed by atoms with van der Waals surface area (Å²) in [6.07, 6.45) is 10.9. The first-order valence-corrected chi connectivity index (χ1v) is 9.89. The van der Waals surface area contributed by atoms with Crippen LogP contribution in [0.5, 0.6) is 0 Å². The van der Waals surface area contributed by atoms with Gasteiger partial charge in [0.05, 0.1) is 0 Å². The minimum Gasteiger partial charge on any atom is -0.201 e. The summed E-state index contributed by atoms with van der Waals surface area (Å²) < 4.78 is 4.46. The summed E-state index contributed by atoms with van der Waals surface area (Å²) >= 11 is 0. The third-order valence-corrected chi connectivity index (χ3v) is 5.04. The average molecular weight is 367 g/mol. The molecule has 2 heterocycles. The second-order valence-corrected chi connectivity index (χ2v) is 7.23. The number of aromatic nitrogens is 2. The van der Waals surface area contributed by atoms with Crippen molar-refractivity contribution in [1.82, 2.24) is 0 Å². The smallest absolute Gasteiger partial charge is 0.173 e. The van der Waals surface area contributed by atoms with Gasteiger partial charge in [0, 0.05) is 35.4 Å². The van der Waals surface area contributed by atoms with E-state index in [9.17, 15) is 0 Å². The van der Waals surface area contributed by atoms with Crippen molar-refractivity contribution < 1.29 is 9.13 Å². The highest BCUT2D eigenvalue weighted by molar-refractivity contribution is 5.16. The molecule has 0 aliphatic heterocycles. The van der Waals surface area contributed by atoms with Crippen LogP contribution in [0.3, 0.4) is 0 Å². The summed E-state index contributed by atoms with van der Waals surface area (Å²) in [5.41, 5.74) is 5.41. The molecule has 0 saturated carbocycles. The van der Waals surface area contributed by atoms with Gasteiger partial charge in [-0.3, -0.25) is 0 Å². The van der Waals surface area contributed by atoms with Crippen LogP contribution in [0.15, 0.2) is 110 Å². The number of aryl methyl sites for hydroxylation is 2. The van der Waals surface area contributed by atoms with Gasteiger partial charge in [-0.25, -0.2) is 9.13 Å². The van der Waals surface area contributed by atoms with E-state index in [4.69, 9.17) is 0 Å². The Hall–Kier alpha value is -3.26. The largest absolute Gasteiger partial charge is 0.201 e. The van der Waals surface area contributed by atoms with Crippen molar-refractivity contribution >= 4 is 0 Å². The zero-order valence-corrected chi connectivity index (χ0v) is 16.1.